The topological polar surface area (TPSA) is 64.1 Å². The van der Waals surface area contributed by atoms with Crippen LogP contribution in [0.25, 0.3) is 0 Å². The zero-order chi connectivity index (χ0) is 17.9. The summed E-state index contributed by atoms with van der Waals surface area (Å²) in [5, 5.41) is 6.56. The summed E-state index contributed by atoms with van der Waals surface area (Å²) in [5.74, 6) is 2.37. The normalized spacial score (nSPS) is 15.2. The van der Waals surface area contributed by atoms with Gasteiger partial charge in [-0.05, 0) is 38.7 Å². The average molecular weight is 349 g/mol. The van der Waals surface area contributed by atoms with E-state index >= 15 is 0 Å². The van der Waals surface area contributed by atoms with Crippen molar-refractivity contribution in [2.24, 2.45) is 4.99 Å². The Hall–Kier alpha value is -1.95. The summed E-state index contributed by atoms with van der Waals surface area (Å²) in [6.45, 7) is 4.71. The molecule has 1 aromatic carbocycles. The van der Waals surface area contributed by atoms with E-state index in [9.17, 15) is 0 Å². The molecule has 1 fully saturated rings. The predicted molar refractivity (Wildman–Crippen MR) is 101 cm³/mol. The fraction of sp³-hybridized carbons (Fsp3) is 0.632. The van der Waals surface area contributed by atoms with Gasteiger partial charge in [-0.2, -0.15) is 0 Å². The van der Waals surface area contributed by atoms with Gasteiger partial charge >= 0.3 is 0 Å². The lowest BCUT2D eigenvalue weighted by Crippen LogP contribution is -2.38. The van der Waals surface area contributed by atoms with Crippen molar-refractivity contribution in [2.75, 3.05) is 33.9 Å². The largest absolute Gasteiger partial charge is 0.493 e. The van der Waals surface area contributed by atoms with Gasteiger partial charge in [-0.3, -0.25) is 4.99 Å². The van der Waals surface area contributed by atoms with E-state index in [0.717, 1.165) is 49.0 Å². The van der Waals surface area contributed by atoms with Crippen LogP contribution in [-0.4, -0.2) is 46.0 Å². The molecule has 0 aliphatic heterocycles. The molecule has 0 heterocycles. The number of nitrogens with one attached hydrogen (secondary N) is 2. The van der Waals surface area contributed by atoms with Gasteiger partial charge in [0.2, 0.25) is 0 Å². The third kappa shape index (κ3) is 6.12. The van der Waals surface area contributed by atoms with Crippen molar-refractivity contribution in [3.05, 3.63) is 23.8 Å². The van der Waals surface area contributed by atoms with Gasteiger partial charge in [0.15, 0.2) is 17.5 Å². The smallest absolute Gasteiger partial charge is 0.191 e. The molecule has 1 aromatic rings. The fourth-order valence-electron chi connectivity index (χ4n) is 2.95. The number of benzene rings is 1. The average Bonchev–Trinajstić information content (AvgIpc) is 3.15. The van der Waals surface area contributed by atoms with Crippen LogP contribution in [0.15, 0.2) is 23.2 Å². The van der Waals surface area contributed by atoms with Crippen molar-refractivity contribution in [1.82, 2.24) is 10.6 Å². The van der Waals surface area contributed by atoms with Crippen molar-refractivity contribution < 1.29 is 14.2 Å². The zero-order valence-electron chi connectivity index (χ0n) is 15.6. The molecular weight excluding hydrogens is 318 g/mol. The van der Waals surface area contributed by atoms with E-state index in [1.807, 2.05) is 19.1 Å². The molecule has 2 rings (SSSR count). The molecule has 0 saturated heterocycles. The highest BCUT2D eigenvalue weighted by molar-refractivity contribution is 5.79. The Kier molecular flexibility index (Phi) is 8.39. The summed E-state index contributed by atoms with van der Waals surface area (Å²) in [6.07, 6.45) is 5.00. The minimum atomic E-state index is 0.290. The molecule has 0 atom stereocenters. The van der Waals surface area contributed by atoms with Gasteiger partial charge < -0.3 is 24.8 Å². The number of ether oxygens (including phenoxy) is 3. The zero-order valence-corrected chi connectivity index (χ0v) is 15.6. The SMILES string of the molecule is CCOCCNC(=NC)NCc1cccc(OC)c1OC1CCCC1. The summed E-state index contributed by atoms with van der Waals surface area (Å²) < 4.78 is 17.1. The monoisotopic (exact) mass is 349 g/mol. The summed E-state index contributed by atoms with van der Waals surface area (Å²) in [5.41, 5.74) is 1.07. The maximum absolute atomic E-state index is 6.26. The molecule has 0 spiro atoms. The fourth-order valence-corrected chi connectivity index (χ4v) is 2.95. The summed E-state index contributed by atoms with van der Waals surface area (Å²) in [6, 6.07) is 6.00. The molecule has 140 valence electrons. The number of methoxy groups -OCH3 is 1. The van der Waals surface area contributed by atoms with Crippen LogP contribution in [0.2, 0.25) is 0 Å². The van der Waals surface area contributed by atoms with E-state index < -0.39 is 0 Å². The van der Waals surface area contributed by atoms with Crippen molar-refractivity contribution in [3.8, 4) is 11.5 Å². The van der Waals surface area contributed by atoms with Gasteiger partial charge in [-0.25, -0.2) is 0 Å². The second-order valence-electron chi connectivity index (χ2n) is 6.02. The minimum absolute atomic E-state index is 0.290. The molecule has 0 unspecified atom stereocenters. The van der Waals surface area contributed by atoms with E-state index in [0.29, 0.717) is 19.3 Å². The number of aliphatic imine (C=N–C) groups is 1. The third-order valence-electron chi connectivity index (χ3n) is 4.28. The number of hydrogen-bond acceptors (Lipinski definition) is 4. The lowest BCUT2D eigenvalue weighted by Gasteiger charge is -2.20. The van der Waals surface area contributed by atoms with E-state index in [4.69, 9.17) is 14.2 Å². The molecular formula is C19H31N3O3. The molecule has 6 heteroatoms. The van der Waals surface area contributed by atoms with Crippen LogP contribution >= 0.6 is 0 Å². The molecule has 2 N–H and O–H groups in total. The third-order valence-corrected chi connectivity index (χ3v) is 4.28. The first-order valence-electron chi connectivity index (χ1n) is 9.13. The minimum Gasteiger partial charge on any atom is -0.493 e. The highest BCUT2D eigenvalue weighted by Crippen LogP contribution is 2.34. The van der Waals surface area contributed by atoms with Gasteiger partial charge in [0.25, 0.3) is 0 Å². The van der Waals surface area contributed by atoms with Crippen LogP contribution in [-0.2, 0) is 11.3 Å². The maximum atomic E-state index is 6.26. The molecule has 0 bridgehead atoms. The van der Waals surface area contributed by atoms with Crippen LogP contribution in [0.5, 0.6) is 11.5 Å². The number of guanidine groups is 1. The van der Waals surface area contributed by atoms with Crippen LogP contribution in [0, 0.1) is 0 Å². The first kappa shape index (κ1) is 19.4. The van der Waals surface area contributed by atoms with Crippen LogP contribution in [0.4, 0.5) is 0 Å². The first-order valence-corrected chi connectivity index (χ1v) is 9.13. The Morgan fingerprint density at radius 3 is 2.72 bits per heavy atom. The van der Waals surface area contributed by atoms with Gasteiger partial charge in [-0.1, -0.05) is 12.1 Å². The Morgan fingerprint density at radius 2 is 2.04 bits per heavy atom. The summed E-state index contributed by atoms with van der Waals surface area (Å²) in [4.78, 5) is 4.24. The van der Waals surface area contributed by atoms with Crippen LogP contribution < -0.4 is 20.1 Å². The summed E-state index contributed by atoms with van der Waals surface area (Å²) in [7, 11) is 3.44. The van der Waals surface area contributed by atoms with Crippen molar-refractivity contribution >= 4 is 5.96 Å². The number of hydrogen-bond donors (Lipinski definition) is 2. The first-order chi connectivity index (χ1) is 12.3. The molecule has 1 saturated carbocycles. The lowest BCUT2D eigenvalue weighted by atomic mass is 10.1. The quantitative estimate of drug-likeness (QED) is 0.408. The van der Waals surface area contributed by atoms with Gasteiger partial charge in [0.1, 0.15) is 0 Å². The van der Waals surface area contributed by atoms with Crippen molar-refractivity contribution in [3.63, 3.8) is 0 Å². The second kappa shape index (κ2) is 10.8. The Balaban J connectivity index is 1.97. The summed E-state index contributed by atoms with van der Waals surface area (Å²) >= 11 is 0. The van der Waals surface area contributed by atoms with Gasteiger partial charge in [-0.15, -0.1) is 0 Å². The Morgan fingerprint density at radius 1 is 1.24 bits per heavy atom. The standard InChI is InChI=1S/C19H31N3O3/c1-4-24-13-12-21-19(20-2)22-14-15-8-7-11-17(23-3)18(15)25-16-9-5-6-10-16/h7-8,11,16H,4-6,9-10,12-14H2,1-3H3,(H2,20,21,22). The van der Waals surface area contributed by atoms with E-state index in [-0.39, 0.29) is 0 Å². The Labute approximate surface area is 151 Å². The molecule has 1 aliphatic carbocycles. The lowest BCUT2D eigenvalue weighted by molar-refractivity contribution is 0.152. The van der Waals surface area contributed by atoms with E-state index in [1.165, 1.54) is 12.8 Å². The Bertz CT molecular complexity index is 543. The number of rotatable bonds is 9. The molecule has 0 amide bonds. The maximum Gasteiger partial charge on any atom is 0.191 e. The molecule has 25 heavy (non-hydrogen) atoms. The van der Waals surface area contributed by atoms with Gasteiger partial charge in [0.05, 0.1) is 19.8 Å². The predicted octanol–water partition coefficient (Wildman–Crippen LogP) is 2.72. The van der Waals surface area contributed by atoms with Gasteiger partial charge in [0, 0.05) is 32.3 Å². The molecule has 0 aromatic heterocycles. The highest BCUT2D eigenvalue weighted by atomic mass is 16.5. The molecule has 1 aliphatic rings. The van der Waals surface area contributed by atoms with Crippen LogP contribution in [0.3, 0.4) is 0 Å². The van der Waals surface area contributed by atoms with E-state index in [2.05, 4.69) is 21.7 Å². The second-order valence-corrected chi connectivity index (χ2v) is 6.02. The molecule has 0 radical (unpaired) electrons. The molecule has 6 nitrogen and oxygen atoms in total. The van der Waals surface area contributed by atoms with Crippen LogP contribution in [0.1, 0.15) is 38.2 Å². The highest BCUT2D eigenvalue weighted by Gasteiger charge is 2.20. The van der Waals surface area contributed by atoms with E-state index in [1.54, 1.807) is 14.2 Å². The van der Waals surface area contributed by atoms with Crippen molar-refractivity contribution in [2.45, 2.75) is 45.3 Å². The number of nitrogens with zero attached hydrogens (tertiary/aromatic N) is 1. The van der Waals surface area contributed by atoms with Crippen molar-refractivity contribution in [1.29, 1.82) is 0 Å². The number of para-hydroxylation sites is 1.